The van der Waals surface area contributed by atoms with Crippen molar-refractivity contribution >= 4 is 44.8 Å². The molecule has 6 nitrogen and oxygen atoms in total. The van der Waals surface area contributed by atoms with Crippen LogP contribution in [0.25, 0.3) is 0 Å². The van der Waals surface area contributed by atoms with Gasteiger partial charge in [-0.25, -0.2) is 0 Å². The zero-order valence-electron chi connectivity index (χ0n) is 12.7. The van der Waals surface area contributed by atoms with E-state index in [1.165, 1.54) is 18.2 Å². The molecule has 0 saturated heterocycles. The number of carbonyl (C=O) groups is 1. The molecule has 0 heterocycles. The van der Waals surface area contributed by atoms with Crippen molar-refractivity contribution in [2.45, 2.75) is 13.3 Å². The molecule has 0 bridgehead atoms. The summed E-state index contributed by atoms with van der Waals surface area (Å²) in [5.41, 5.74) is 0.988. The topological polar surface area (TPSA) is 81.5 Å². The number of nitrogens with one attached hydrogen (secondary N) is 1. The minimum Gasteiger partial charge on any atom is -0.483 e. The average Bonchev–Trinajstić information content (AvgIpc) is 2.55. The van der Waals surface area contributed by atoms with E-state index in [0.29, 0.717) is 5.75 Å². The number of hydrogen-bond acceptors (Lipinski definition) is 4. The summed E-state index contributed by atoms with van der Waals surface area (Å²) in [6.07, 6.45) is 0.764. The third-order valence-corrected chi connectivity index (χ3v) is 4.00. The van der Waals surface area contributed by atoms with E-state index >= 15 is 0 Å². The first-order chi connectivity index (χ1) is 11.4. The van der Waals surface area contributed by atoms with Gasteiger partial charge in [0.05, 0.1) is 4.92 Å². The summed E-state index contributed by atoms with van der Waals surface area (Å²) in [4.78, 5) is 22.2. The molecular weight excluding hydrogens is 400 g/mol. The number of anilines is 1. The van der Waals surface area contributed by atoms with Crippen LogP contribution in [0, 0.1) is 10.1 Å². The Morgan fingerprint density at radius 1 is 1.33 bits per heavy atom. The summed E-state index contributed by atoms with van der Waals surface area (Å²) in [5.74, 6) is 0.203. The van der Waals surface area contributed by atoms with Crippen molar-refractivity contribution in [2.24, 2.45) is 0 Å². The Bertz CT molecular complexity index is 783. The quantitative estimate of drug-likeness (QED) is 0.555. The van der Waals surface area contributed by atoms with E-state index in [1.807, 2.05) is 19.1 Å². The lowest BCUT2D eigenvalue weighted by molar-refractivity contribution is -0.384. The second-order valence-electron chi connectivity index (χ2n) is 4.87. The Kier molecular flexibility index (Phi) is 6.16. The van der Waals surface area contributed by atoms with E-state index < -0.39 is 10.8 Å². The van der Waals surface area contributed by atoms with Crippen molar-refractivity contribution in [3.63, 3.8) is 0 Å². The van der Waals surface area contributed by atoms with Gasteiger partial charge in [-0.1, -0.05) is 34.5 Å². The molecular formula is C16H14BrClN2O4. The molecule has 0 aliphatic rings. The lowest BCUT2D eigenvalue weighted by atomic mass is 10.1. The molecule has 2 rings (SSSR count). The van der Waals surface area contributed by atoms with Gasteiger partial charge in [0.1, 0.15) is 10.8 Å². The Balaban J connectivity index is 2.02. The first-order valence-corrected chi connectivity index (χ1v) is 8.22. The molecule has 0 fully saturated rings. The summed E-state index contributed by atoms with van der Waals surface area (Å²) in [5, 5.41) is 13.4. The van der Waals surface area contributed by atoms with Crippen LogP contribution in [0.5, 0.6) is 5.75 Å². The first kappa shape index (κ1) is 18.2. The van der Waals surface area contributed by atoms with Crippen LogP contribution < -0.4 is 10.1 Å². The lowest BCUT2D eigenvalue weighted by Gasteiger charge is -2.11. The minimum atomic E-state index is -0.607. The van der Waals surface area contributed by atoms with Crippen LogP contribution in [0.4, 0.5) is 11.4 Å². The number of nitrogens with zero attached hydrogens (tertiary/aromatic N) is 1. The monoisotopic (exact) mass is 412 g/mol. The third-order valence-electron chi connectivity index (χ3n) is 3.19. The van der Waals surface area contributed by atoms with Gasteiger partial charge >= 0.3 is 0 Å². The number of benzene rings is 2. The normalized spacial score (nSPS) is 10.3. The molecule has 0 saturated carbocycles. The maximum Gasteiger partial charge on any atom is 0.289 e. The minimum absolute atomic E-state index is 0.0108. The van der Waals surface area contributed by atoms with Crippen LogP contribution in [0.2, 0.25) is 5.02 Å². The van der Waals surface area contributed by atoms with Crippen molar-refractivity contribution in [1.29, 1.82) is 0 Å². The Morgan fingerprint density at radius 3 is 2.75 bits per heavy atom. The van der Waals surface area contributed by atoms with Crippen molar-refractivity contribution in [2.75, 3.05) is 11.9 Å². The molecule has 1 N–H and O–H groups in total. The second kappa shape index (κ2) is 8.12. The van der Waals surface area contributed by atoms with E-state index in [4.69, 9.17) is 16.3 Å². The molecule has 0 atom stereocenters. The number of ether oxygens (including phenoxy) is 1. The highest BCUT2D eigenvalue weighted by Gasteiger charge is 2.14. The molecule has 0 unspecified atom stereocenters. The Morgan fingerprint density at radius 2 is 2.08 bits per heavy atom. The predicted octanol–water partition coefficient (Wildman–Crippen LogP) is 4.59. The largest absolute Gasteiger partial charge is 0.483 e. The number of carbonyl (C=O) groups excluding carboxylic acids is 1. The van der Waals surface area contributed by atoms with Crippen molar-refractivity contribution in [3.05, 3.63) is 61.6 Å². The first-order valence-electron chi connectivity index (χ1n) is 7.05. The summed E-state index contributed by atoms with van der Waals surface area (Å²) in [6.45, 7) is 1.78. The molecule has 0 aliphatic heterocycles. The van der Waals surface area contributed by atoms with Gasteiger partial charge in [-0.05, 0) is 42.3 Å². The van der Waals surface area contributed by atoms with Crippen LogP contribution in [-0.4, -0.2) is 17.4 Å². The van der Waals surface area contributed by atoms with Gasteiger partial charge in [0.25, 0.3) is 11.6 Å². The zero-order chi connectivity index (χ0) is 17.7. The fraction of sp³-hybridized carbons (Fsp3) is 0.188. The molecule has 0 aliphatic carbocycles. The van der Waals surface area contributed by atoms with Gasteiger partial charge in [-0.2, -0.15) is 0 Å². The van der Waals surface area contributed by atoms with Gasteiger partial charge in [-0.15, -0.1) is 0 Å². The molecule has 2 aromatic carbocycles. The van der Waals surface area contributed by atoms with Gasteiger partial charge in [0, 0.05) is 16.2 Å². The Labute approximate surface area is 152 Å². The van der Waals surface area contributed by atoms with Gasteiger partial charge in [0.15, 0.2) is 6.61 Å². The van der Waals surface area contributed by atoms with E-state index in [9.17, 15) is 14.9 Å². The number of rotatable bonds is 6. The lowest BCUT2D eigenvalue weighted by Crippen LogP contribution is -2.20. The van der Waals surface area contributed by atoms with Crippen LogP contribution in [0.3, 0.4) is 0 Å². The molecule has 0 aromatic heterocycles. The van der Waals surface area contributed by atoms with E-state index in [1.54, 1.807) is 6.07 Å². The SMILES string of the molecule is CCc1cc(Br)ccc1OCC(=O)Nc1ccc(Cl)c([N+](=O)[O-])c1. The van der Waals surface area contributed by atoms with E-state index in [0.717, 1.165) is 16.5 Å². The molecule has 0 spiro atoms. The van der Waals surface area contributed by atoms with E-state index in [2.05, 4.69) is 21.2 Å². The summed E-state index contributed by atoms with van der Waals surface area (Å²) in [7, 11) is 0. The van der Waals surface area contributed by atoms with Crippen LogP contribution in [0.1, 0.15) is 12.5 Å². The highest BCUT2D eigenvalue weighted by atomic mass is 79.9. The molecule has 2 aromatic rings. The number of halogens is 2. The summed E-state index contributed by atoms with van der Waals surface area (Å²) >= 11 is 9.12. The zero-order valence-corrected chi connectivity index (χ0v) is 15.1. The summed E-state index contributed by atoms with van der Waals surface area (Å²) < 4.78 is 6.46. The highest BCUT2D eigenvalue weighted by molar-refractivity contribution is 9.10. The van der Waals surface area contributed by atoms with Gasteiger partial charge in [-0.3, -0.25) is 14.9 Å². The maximum absolute atomic E-state index is 12.0. The fourth-order valence-electron chi connectivity index (χ4n) is 2.04. The maximum atomic E-state index is 12.0. The molecule has 8 heteroatoms. The predicted molar refractivity (Wildman–Crippen MR) is 95.8 cm³/mol. The molecule has 24 heavy (non-hydrogen) atoms. The number of aryl methyl sites for hydroxylation is 1. The third kappa shape index (κ3) is 4.69. The van der Waals surface area contributed by atoms with Crippen LogP contribution >= 0.6 is 27.5 Å². The smallest absolute Gasteiger partial charge is 0.289 e. The number of nitro groups is 1. The Hall–Kier alpha value is -2.12. The summed E-state index contributed by atoms with van der Waals surface area (Å²) in [6, 6.07) is 9.59. The van der Waals surface area contributed by atoms with Crippen molar-refractivity contribution in [1.82, 2.24) is 0 Å². The highest BCUT2D eigenvalue weighted by Crippen LogP contribution is 2.27. The molecule has 1 amide bonds. The number of nitro benzene ring substituents is 1. The van der Waals surface area contributed by atoms with Crippen molar-refractivity contribution in [3.8, 4) is 5.75 Å². The molecule has 0 radical (unpaired) electrons. The molecule has 126 valence electrons. The number of amides is 1. The number of hydrogen-bond donors (Lipinski definition) is 1. The second-order valence-corrected chi connectivity index (χ2v) is 6.19. The van der Waals surface area contributed by atoms with Gasteiger partial charge < -0.3 is 10.1 Å². The van der Waals surface area contributed by atoms with Gasteiger partial charge in [0.2, 0.25) is 0 Å². The average molecular weight is 414 g/mol. The van der Waals surface area contributed by atoms with Crippen LogP contribution in [-0.2, 0) is 11.2 Å². The van der Waals surface area contributed by atoms with Crippen molar-refractivity contribution < 1.29 is 14.5 Å². The van der Waals surface area contributed by atoms with Crippen LogP contribution in [0.15, 0.2) is 40.9 Å². The fourth-order valence-corrected chi connectivity index (χ4v) is 2.63. The van der Waals surface area contributed by atoms with E-state index in [-0.39, 0.29) is 23.0 Å². The standard InChI is InChI=1S/C16H14BrClN2O4/c1-2-10-7-11(17)3-6-15(10)24-9-16(21)19-12-4-5-13(18)14(8-12)20(22)23/h3-8H,2,9H2,1H3,(H,19,21).